The van der Waals surface area contributed by atoms with E-state index in [0.29, 0.717) is 5.92 Å². The van der Waals surface area contributed by atoms with Crippen molar-refractivity contribution in [2.24, 2.45) is 5.92 Å². The maximum Gasteiger partial charge on any atom is 0.150 e. The van der Waals surface area contributed by atoms with Crippen LogP contribution in [-0.2, 0) is 0 Å². The lowest BCUT2D eigenvalue weighted by Crippen LogP contribution is -2.27. The fourth-order valence-electron chi connectivity index (χ4n) is 6.22. The Morgan fingerprint density at radius 3 is 1.63 bits per heavy atom. The molecule has 0 amide bonds. The molecule has 1 aliphatic heterocycles. The quantitative estimate of drug-likeness (QED) is 0.0889. The number of rotatable bonds is 23. The van der Waals surface area contributed by atoms with E-state index in [1.54, 1.807) is 11.8 Å². The molecule has 0 N–H and O–H groups in total. The molecule has 1 heterocycles. The van der Waals surface area contributed by atoms with Gasteiger partial charge in [-0.05, 0) is 55.2 Å². The summed E-state index contributed by atoms with van der Waals surface area (Å²) >= 11 is 5.48. The number of anilines is 2. The van der Waals surface area contributed by atoms with Crippen LogP contribution in [0.1, 0.15) is 153 Å². The second kappa shape index (κ2) is 20.6. The van der Waals surface area contributed by atoms with E-state index in [0.717, 1.165) is 22.9 Å². The number of aldehydes is 1. The number of unbranched alkanes of at least 4 members (excludes halogenated alkanes) is 16. The molecule has 4 heteroatoms. The first-order valence-electron chi connectivity index (χ1n) is 17.0. The highest BCUT2D eigenvalue weighted by Crippen LogP contribution is 2.49. The lowest BCUT2D eigenvalue weighted by Gasteiger charge is -2.36. The highest BCUT2D eigenvalue weighted by atomic mass is 79.9. The highest BCUT2D eigenvalue weighted by molar-refractivity contribution is 9.10. The minimum atomic E-state index is 0.697. The molecular formula is C37H56BrNOS. The predicted octanol–water partition coefficient (Wildman–Crippen LogP) is 13.3. The molecule has 228 valence electrons. The van der Waals surface area contributed by atoms with Crippen LogP contribution in [-0.4, -0.2) is 12.8 Å². The molecule has 1 atom stereocenters. The van der Waals surface area contributed by atoms with Gasteiger partial charge in [-0.1, -0.05) is 157 Å². The van der Waals surface area contributed by atoms with Gasteiger partial charge in [0, 0.05) is 26.4 Å². The number of benzene rings is 2. The van der Waals surface area contributed by atoms with Crippen molar-refractivity contribution in [1.29, 1.82) is 0 Å². The second-order valence-corrected chi connectivity index (χ2v) is 14.3. The Morgan fingerprint density at radius 1 is 0.659 bits per heavy atom. The van der Waals surface area contributed by atoms with E-state index in [2.05, 4.69) is 65.0 Å². The van der Waals surface area contributed by atoms with Crippen molar-refractivity contribution < 1.29 is 4.79 Å². The number of fused-ring (bicyclic) bond motifs is 2. The smallest absolute Gasteiger partial charge is 0.150 e. The van der Waals surface area contributed by atoms with Crippen LogP contribution in [0.4, 0.5) is 11.4 Å². The lowest BCUT2D eigenvalue weighted by molar-refractivity contribution is 0.112. The zero-order valence-electron chi connectivity index (χ0n) is 26.1. The summed E-state index contributed by atoms with van der Waals surface area (Å²) < 4.78 is 1.11. The first kappa shape index (κ1) is 34.2. The average Bonchev–Trinajstić information content (AvgIpc) is 2.98. The summed E-state index contributed by atoms with van der Waals surface area (Å²) in [6.45, 7) is 5.66. The normalized spacial score (nSPS) is 13.2. The van der Waals surface area contributed by atoms with Crippen LogP contribution >= 0.6 is 27.7 Å². The van der Waals surface area contributed by atoms with Gasteiger partial charge in [-0.25, -0.2) is 0 Å². The Balaban J connectivity index is 1.58. The summed E-state index contributed by atoms with van der Waals surface area (Å²) in [5, 5.41) is 0. The number of carbonyl (C=O) groups excluding carboxylic acids is 1. The molecule has 0 bridgehead atoms. The second-order valence-electron chi connectivity index (χ2n) is 12.3. The molecule has 2 aromatic carbocycles. The molecule has 0 aliphatic carbocycles. The predicted molar refractivity (Wildman–Crippen MR) is 184 cm³/mol. The molecule has 0 saturated carbocycles. The van der Waals surface area contributed by atoms with Crippen molar-refractivity contribution >= 4 is 45.4 Å². The van der Waals surface area contributed by atoms with Crippen molar-refractivity contribution in [3.63, 3.8) is 0 Å². The summed E-state index contributed by atoms with van der Waals surface area (Å²) in [5.74, 6) is 0.697. The maximum absolute atomic E-state index is 11.5. The van der Waals surface area contributed by atoms with Gasteiger partial charge in [0.15, 0.2) is 0 Å². The molecule has 0 fully saturated rings. The van der Waals surface area contributed by atoms with Crippen molar-refractivity contribution in [1.82, 2.24) is 0 Å². The van der Waals surface area contributed by atoms with Crippen molar-refractivity contribution in [3.05, 3.63) is 46.4 Å². The monoisotopic (exact) mass is 641 g/mol. The van der Waals surface area contributed by atoms with Gasteiger partial charge >= 0.3 is 0 Å². The number of halogens is 1. The van der Waals surface area contributed by atoms with Crippen LogP contribution in [0.25, 0.3) is 0 Å². The fourth-order valence-corrected chi connectivity index (χ4v) is 7.91. The Bertz CT molecular complexity index is 1010. The summed E-state index contributed by atoms with van der Waals surface area (Å²) in [6.07, 6.45) is 28.6. The Kier molecular flexibility index (Phi) is 17.2. The SMILES string of the molecule is CCCCCCCCCCCCC(CCCCCCCCCC)CN1c2ccc(Br)cc2Sc2cc(C=O)ccc21. The van der Waals surface area contributed by atoms with Gasteiger partial charge in [0.25, 0.3) is 0 Å². The standard InChI is InChI=1S/C37H56BrNOS/c1-3-5-7-9-11-13-14-16-18-20-22-31(21-19-17-15-12-10-8-6-4-2)29-39-34-25-23-32(30-40)27-36(34)41-37-28-33(38)24-26-35(37)39/h23-28,30-31H,3-22,29H2,1-2H3. The van der Waals surface area contributed by atoms with Gasteiger partial charge in [0.05, 0.1) is 11.4 Å². The molecule has 0 saturated heterocycles. The number of carbonyl (C=O) groups is 1. The third kappa shape index (κ3) is 12.5. The Hall–Kier alpha value is -1.26. The van der Waals surface area contributed by atoms with E-state index in [1.165, 1.54) is 150 Å². The van der Waals surface area contributed by atoms with Crippen LogP contribution in [0.2, 0.25) is 0 Å². The van der Waals surface area contributed by atoms with Crippen molar-refractivity contribution in [2.45, 2.75) is 152 Å². The highest BCUT2D eigenvalue weighted by Gasteiger charge is 2.26. The lowest BCUT2D eigenvalue weighted by atomic mass is 9.93. The molecule has 1 aliphatic rings. The average molecular weight is 643 g/mol. The third-order valence-corrected chi connectivity index (χ3v) is 10.3. The number of nitrogens with zero attached hydrogens (tertiary/aromatic N) is 1. The zero-order valence-corrected chi connectivity index (χ0v) is 28.5. The van der Waals surface area contributed by atoms with Crippen LogP contribution in [0.3, 0.4) is 0 Å². The van der Waals surface area contributed by atoms with E-state index in [-0.39, 0.29) is 0 Å². The third-order valence-electron chi connectivity index (χ3n) is 8.72. The van der Waals surface area contributed by atoms with Gasteiger partial charge in [-0.15, -0.1) is 0 Å². The van der Waals surface area contributed by atoms with Crippen LogP contribution < -0.4 is 4.90 Å². The van der Waals surface area contributed by atoms with Crippen LogP contribution in [0, 0.1) is 5.92 Å². The summed E-state index contributed by atoms with van der Waals surface area (Å²) in [7, 11) is 0. The molecule has 0 aromatic heterocycles. The van der Waals surface area contributed by atoms with E-state index in [1.807, 2.05) is 6.07 Å². The summed E-state index contributed by atoms with van der Waals surface area (Å²) in [5.41, 5.74) is 3.34. The first-order chi connectivity index (χ1) is 20.2. The van der Waals surface area contributed by atoms with E-state index < -0.39 is 0 Å². The molecular weight excluding hydrogens is 586 g/mol. The van der Waals surface area contributed by atoms with E-state index in [9.17, 15) is 4.79 Å². The van der Waals surface area contributed by atoms with E-state index >= 15 is 0 Å². The Morgan fingerprint density at radius 2 is 1.12 bits per heavy atom. The largest absolute Gasteiger partial charge is 0.339 e. The molecule has 0 spiro atoms. The van der Waals surface area contributed by atoms with Gasteiger partial charge in [0.2, 0.25) is 0 Å². The molecule has 2 aromatic rings. The van der Waals surface area contributed by atoms with Gasteiger partial charge < -0.3 is 4.90 Å². The number of hydrogen-bond donors (Lipinski definition) is 0. The van der Waals surface area contributed by atoms with Gasteiger partial charge in [-0.2, -0.15) is 0 Å². The van der Waals surface area contributed by atoms with E-state index in [4.69, 9.17) is 0 Å². The molecule has 0 radical (unpaired) electrons. The Labute approximate surface area is 265 Å². The molecule has 41 heavy (non-hydrogen) atoms. The summed E-state index contributed by atoms with van der Waals surface area (Å²) in [4.78, 5) is 16.6. The number of hydrogen-bond acceptors (Lipinski definition) is 3. The van der Waals surface area contributed by atoms with Gasteiger partial charge in [-0.3, -0.25) is 4.79 Å². The van der Waals surface area contributed by atoms with Crippen molar-refractivity contribution in [3.8, 4) is 0 Å². The minimum absolute atomic E-state index is 0.697. The maximum atomic E-state index is 11.5. The minimum Gasteiger partial charge on any atom is -0.339 e. The van der Waals surface area contributed by atoms with Crippen LogP contribution in [0.5, 0.6) is 0 Å². The molecule has 1 unspecified atom stereocenters. The first-order valence-corrected chi connectivity index (χ1v) is 18.6. The molecule has 2 nitrogen and oxygen atoms in total. The van der Waals surface area contributed by atoms with Crippen LogP contribution in [0.15, 0.2) is 50.7 Å². The molecule has 3 rings (SSSR count). The summed E-state index contributed by atoms with van der Waals surface area (Å²) in [6, 6.07) is 12.9. The van der Waals surface area contributed by atoms with Gasteiger partial charge in [0.1, 0.15) is 6.29 Å². The fraction of sp³-hybridized carbons (Fsp3) is 0.649. The van der Waals surface area contributed by atoms with Crippen molar-refractivity contribution in [2.75, 3.05) is 11.4 Å². The topological polar surface area (TPSA) is 20.3 Å². The zero-order chi connectivity index (χ0) is 29.1.